The van der Waals surface area contributed by atoms with Crippen molar-refractivity contribution in [2.24, 2.45) is 0 Å². The molecule has 3 aromatic rings. The number of carbonyl (C=O) groups is 1. The van der Waals surface area contributed by atoms with Crippen LogP contribution in [0.1, 0.15) is 34.5 Å². The number of benzene rings is 1. The summed E-state index contributed by atoms with van der Waals surface area (Å²) in [5, 5.41) is 16.3. The number of ether oxygens (including phenoxy) is 1. The number of nitrogens with zero attached hydrogens (tertiary/aromatic N) is 5. The topological polar surface area (TPSA) is 130 Å². The van der Waals surface area contributed by atoms with Gasteiger partial charge in [0.15, 0.2) is 5.65 Å². The molecule has 1 aliphatic rings. The number of hydrogen-bond donors (Lipinski definition) is 1. The third-order valence-electron chi connectivity index (χ3n) is 5.95. The first-order valence-corrected chi connectivity index (χ1v) is 12.4. The number of hydrogen-bond acceptors (Lipinski definition) is 7. The average molecular weight is 483 g/mol. The highest BCUT2D eigenvalue weighted by Gasteiger charge is 2.26. The summed E-state index contributed by atoms with van der Waals surface area (Å²) >= 11 is 0. The van der Waals surface area contributed by atoms with Crippen molar-refractivity contribution in [2.75, 3.05) is 26.3 Å². The molecule has 1 fully saturated rings. The van der Waals surface area contributed by atoms with Gasteiger partial charge in [0.2, 0.25) is 15.9 Å². The van der Waals surface area contributed by atoms with Crippen LogP contribution in [-0.4, -0.2) is 59.5 Å². The number of amides is 1. The molecule has 4 rings (SSSR count). The van der Waals surface area contributed by atoms with Gasteiger partial charge in [0.25, 0.3) is 0 Å². The number of sulfonamides is 1. The van der Waals surface area contributed by atoms with Crippen LogP contribution in [0.15, 0.2) is 35.4 Å². The van der Waals surface area contributed by atoms with Gasteiger partial charge in [-0.25, -0.2) is 17.9 Å². The minimum Gasteiger partial charge on any atom is -0.379 e. The Balaban J connectivity index is 1.34. The summed E-state index contributed by atoms with van der Waals surface area (Å²) in [6.45, 7) is 5.56. The second-order valence-corrected chi connectivity index (χ2v) is 10.0. The highest BCUT2D eigenvalue weighted by molar-refractivity contribution is 7.89. The smallest absolute Gasteiger partial charge is 0.243 e. The first-order valence-electron chi connectivity index (χ1n) is 11.0. The predicted molar refractivity (Wildman–Crippen MR) is 123 cm³/mol. The molecule has 10 nitrogen and oxygen atoms in total. The fourth-order valence-electron chi connectivity index (χ4n) is 3.99. The van der Waals surface area contributed by atoms with E-state index in [2.05, 4.69) is 21.5 Å². The molecule has 1 amide bonds. The maximum atomic E-state index is 12.7. The molecule has 1 aromatic carbocycles. The van der Waals surface area contributed by atoms with Gasteiger partial charge in [0.05, 0.1) is 24.3 Å². The Kier molecular flexibility index (Phi) is 6.92. The van der Waals surface area contributed by atoms with E-state index in [0.29, 0.717) is 50.5 Å². The maximum absolute atomic E-state index is 12.7. The number of rotatable bonds is 7. The molecule has 0 spiro atoms. The Morgan fingerprint density at radius 3 is 2.59 bits per heavy atom. The van der Waals surface area contributed by atoms with Crippen LogP contribution in [0.2, 0.25) is 0 Å². The van der Waals surface area contributed by atoms with Crippen molar-refractivity contribution < 1.29 is 17.9 Å². The summed E-state index contributed by atoms with van der Waals surface area (Å²) in [4.78, 5) is 17.2. The van der Waals surface area contributed by atoms with Crippen molar-refractivity contribution in [1.29, 1.82) is 5.26 Å². The Labute approximate surface area is 198 Å². The zero-order valence-corrected chi connectivity index (χ0v) is 19.9. The number of morpholine rings is 1. The largest absolute Gasteiger partial charge is 0.379 e. The lowest BCUT2D eigenvalue weighted by atomic mass is 10.1. The molecule has 3 heterocycles. The second-order valence-electron chi connectivity index (χ2n) is 8.10. The van der Waals surface area contributed by atoms with E-state index >= 15 is 0 Å². The number of aryl methyl sites for hydroxylation is 2. The molecule has 0 radical (unpaired) electrons. The molecule has 1 N–H and O–H groups in total. The van der Waals surface area contributed by atoms with Crippen molar-refractivity contribution in [2.45, 2.75) is 38.1 Å². The monoisotopic (exact) mass is 482 g/mol. The van der Waals surface area contributed by atoms with Crippen LogP contribution in [0.25, 0.3) is 5.65 Å². The summed E-state index contributed by atoms with van der Waals surface area (Å²) in [5.41, 5.74) is 4.29. The minimum absolute atomic E-state index is 0.123. The molecule has 0 unspecified atom stereocenters. The lowest BCUT2D eigenvalue weighted by Crippen LogP contribution is -2.40. The number of aromatic nitrogens is 3. The fourth-order valence-corrected chi connectivity index (χ4v) is 5.40. The zero-order valence-electron chi connectivity index (χ0n) is 19.1. The molecular formula is C23H26N6O4S. The Morgan fingerprint density at radius 1 is 1.21 bits per heavy atom. The number of nitriles is 1. The molecule has 1 saturated heterocycles. The molecule has 0 atom stereocenters. The molecule has 0 bridgehead atoms. The summed E-state index contributed by atoms with van der Waals surface area (Å²) < 4.78 is 33.7. The van der Waals surface area contributed by atoms with Crippen molar-refractivity contribution >= 4 is 21.6 Å². The molecule has 34 heavy (non-hydrogen) atoms. The van der Waals surface area contributed by atoms with Crippen LogP contribution in [0, 0.1) is 25.2 Å². The van der Waals surface area contributed by atoms with E-state index in [0.717, 1.165) is 22.5 Å². The highest BCUT2D eigenvalue weighted by Crippen LogP contribution is 2.19. The average Bonchev–Trinajstić information content (AvgIpc) is 3.26. The summed E-state index contributed by atoms with van der Waals surface area (Å²) in [7, 11) is -3.54. The lowest BCUT2D eigenvalue weighted by Gasteiger charge is -2.26. The van der Waals surface area contributed by atoms with Gasteiger partial charge in [-0.2, -0.15) is 14.7 Å². The fraction of sp³-hybridized carbons (Fsp3) is 0.391. The van der Waals surface area contributed by atoms with E-state index in [1.165, 1.54) is 10.5 Å². The van der Waals surface area contributed by atoms with Crippen LogP contribution < -0.4 is 5.32 Å². The molecule has 0 aliphatic carbocycles. The second kappa shape index (κ2) is 9.89. The van der Waals surface area contributed by atoms with Gasteiger partial charge in [0.1, 0.15) is 11.6 Å². The standard InChI is InChI=1S/C23H26N6O4S/c1-16-21(17(2)29-23(27-16)19(13-24)15-26-29)7-8-22(30)25-14-18-3-5-20(6-4-18)34(31,32)28-9-11-33-12-10-28/h3-6,15H,7-12,14H2,1-2H3,(H,25,30). The van der Waals surface area contributed by atoms with E-state index in [4.69, 9.17) is 4.74 Å². The molecule has 1 aliphatic heterocycles. The number of fused-ring (bicyclic) bond motifs is 1. The van der Waals surface area contributed by atoms with Gasteiger partial charge in [-0.3, -0.25) is 4.79 Å². The minimum atomic E-state index is -3.54. The van der Waals surface area contributed by atoms with Gasteiger partial charge in [0, 0.05) is 37.4 Å². The van der Waals surface area contributed by atoms with Crippen molar-refractivity contribution in [1.82, 2.24) is 24.2 Å². The summed E-state index contributed by atoms with van der Waals surface area (Å²) in [6.07, 6.45) is 2.25. The van der Waals surface area contributed by atoms with Gasteiger partial charge in [-0.15, -0.1) is 0 Å². The quantitative estimate of drug-likeness (QED) is 0.540. The van der Waals surface area contributed by atoms with Crippen LogP contribution in [0.4, 0.5) is 0 Å². The Morgan fingerprint density at radius 2 is 1.91 bits per heavy atom. The maximum Gasteiger partial charge on any atom is 0.243 e. The number of carbonyl (C=O) groups excluding carboxylic acids is 1. The highest BCUT2D eigenvalue weighted by atomic mass is 32.2. The molecule has 0 saturated carbocycles. The third kappa shape index (κ3) is 4.79. The van der Waals surface area contributed by atoms with Gasteiger partial charge in [-0.05, 0) is 43.5 Å². The van der Waals surface area contributed by atoms with Crippen molar-refractivity contribution in [3.05, 3.63) is 58.5 Å². The van der Waals surface area contributed by atoms with E-state index < -0.39 is 10.0 Å². The van der Waals surface area contributed by atoms with Crippen LogP contribution in [0.3, 0.4) is 0 Å². The third-order valence-corrected chi connectivity index (χ3v) is 7.86. The van der Waals surface area contributed by atoms with Crippen LogP contribution in [-0.2, 0) is 32.5 Å². The summed E-state index contributed by atoms with van der Waals surface area (Å²) in [6, 6.07) is 8.65. The predicted octanol–water partition coefficient (Wildman–Crippen LogP) is 1.49. The van der Waals surface area contributed by atoms with E-state index in [9.17, 15) is 18.5 Å². The van der Waals surface area contributed by atoms with Crippen molar-refractivity contribution in [3.8, 4) is 6.07 Å². The van der Waals surface area contributed by atoms with Crippen LogP contribution >= 0.6 is 0 Å². The molecular weight excluding hydrogens is 456 g/mol. The SMILES string of the molecule is Cc1nc2c(C#N)cnn2c(C)c1CCC(=O)NCc1ccc(S(=O)(=O)N2CCOCC2)cc1. The Bertz CT molecular complexity index is 1350. The number of nitrogens with one attached hydrogen (secondary N) is 1. The van der Waals surface area contributed by atoms with E-state index in [-0.39, 0.29) is 17.2 Å². The van der Waals surface area contributed by atoms with E-state index in [1.807, 2.05) is 13.8 Å². The molecule has 2 aromatic heterocycles. The van der Waals surface area contributed by atoms with Gasteiger partial charge in [-0.1, -0.05) is 12.1 Å². The summed E-state index contributed by atoms with van der Waals surface area (Å²) in [5.74, 6) is -0.123. The lowest BCUT2D eigenvalue weighted by molar-refractivity contribution is -0.121. The zero-order chi connectivity index (χ0) is 24.3. The Hall–Kier alpha value is -3.33. The van der Waals surface area contributed by atoms with Gasteiger partial charge >= 0.3 is 0 Å². The molecule has 11 heteroatoms. The molecule has 178 valence electrons. The normalized spacial score (nSPS) is 14.7. The van der Waals surface area contributed by atoms with Crippen molar-refractivity contribution in [3.63, 3.8) is 0 Å². The first-order chi connectivity index (χ1) is 16.3. The van der Waals surface area contributed by atoms with E-state index in [1.54, 1.807) is 28.8 Å². The van der Waals surface area contributed by atoms with Gasteiger partial charge < -0.3 is 10.1 Å². The first kappa shape index (κ1) is 23.8. The van der Waals surface area contributed by atoms with Crippen LogP contribution in [0.5, 0.6) is 0 Å².